The topological polar surface area (TPSA) is 106 Å². The Morgan fingerprint density at radius 3 is 2.90 bits per heavy atom. The highest BCUT2D eigenvalue weighted by Gasteiger charge is 2.15. The first-order valence-electron chi connectivity index (χ1n) is 10.1. The predicted octanol–water partition coefficient (Wildman–Crippen LogP) is 1.73. The first-order chi connectivity index (χ1) is 14.3. The van der Waals surface area contributed by atoms with Crippen molar-refractivity contribution in [3.05, 3.63) is 30.1 Å². The van der Waals surface area contributed by atoms with Gasteiger partial charge in [-0.2, -0.15) is 5.10 Å². The number of hydrogen-bond acceptors (Lipinski definition) is 6. The molecule has 0 spiro atoms. The van der Waals surface area contributed by atoms with Crippen LogP contribution >= 0.6 is 0 Å². The highest BCUT2D eigenvalue weighted by atomic mass is 16.5. The monoisotopic (exact) mass is 402 g/mol. The third-order valence-corrected chi connectivity index (χ3v) is 4.47. The molecule has 1 aromatic carbocycles. The van der Waals surface area contributed by atoms with Crippen LogP contribution in [-0.2, 0) is 16.0 Å². The zero-order valence-corrected chi connectivity index (χ0v) is 17.1. The van der Waals surface area contributed by atoms with Crippen molar-refractivity contribution in [2.75, 3.05) is 40.0 Å². The fourth-order valence-electron chi connectivity index (χ4n) is 2.90. The molecule has 3 rings (SSSR count). The Morgan fingerprint density at radius 1 is 1.31 bits per heavy atom. The summed E-state index contributed by atoms with van der Waals surface area (Å²) in [6.07, 6.45) is 2.15. The second-order valence-electron chi connectivity index (χ2n) is 6.67. The number of rotatable bonds is 10. The van der Waals surface area contributed by atoms with Gasteiger partial charge in [-0.1, -0.05) is 0 Å². The molecule has 1 aliphatic heterocycles. The van der Waals surface area contributed by atoms with Gasteiger partial charge in [0.25, 0.3) is 0 Å². The van der Waals surface area contributed by atoms with E-state index < -0.39 is 0 Å². The van der Waals surface area contributed by atoms with Crippen molar-refractivity contribution < 1.29 is 14.2 Å². The minimum atomic E-state index is 0.253. The summed E-state index contributed by atoms with van der Waals surface area (Å²) in [5, 5.41) is 13.8. The number of benzene rings is 1. The molecule has 1 fully saturated rings. The van der Waals surface area contributed by atoms with Crippen molar-refractivity contribution in [2.24, 2.45) is 4.99 Å². The lowest BCUT2D eigenvalue weighted by atomic mass is 10.2. The molecule has 9 heteroatoms. The fraction of sp³-hybridized carbons (Fsp3) is 0.550. The summed E-state index contributed by atoms with van der Waals surface area (Å²) in [7, 11) is 1.64. The largest absolute Gasteiger partial charge is 0.497 e. The molecule has 0 saturated carbocycles. The van der Waals surface area contributed by atoms with Crippen molar-refractivity contribution in [3.8, 4) is 17.1 Å². The van der Waals surface area contributed by atoms with E-state index in [1.807, 2.05) is 31.2 Å². The van der Waals surface area contributed by atoms with Gasteiger partial charge in [0.2, 0.25) is 0 Å². The highest BCUT2D eigenvalue weighted by molar-refractivity contribution is 5.79. The van der Waals surface area contributed by atoms with Gasteiger partial charge in [-0.25, -0.2) is 9.98 Å². The van der Waals surface area contributed by atoms with Crippen LogP contribution in [0.3, 0.4) is 0 Å². The molecule has 158 valence electrons. The number of guanidine groups is 1. The molecule has 1 aliphatic rings. The summed E-state index contributed by atoms with van der Waals surface area (Å²) in [4.78, 5) is 9.09. The van der Waals surface area contributed by atoms with Crippen LogP contribution in [0.15, 0.2) is 29.3 Å². The number of H-pyrrole nitrogens is 1. The van der Waals surface area contributed by atoms with E-state index in [1.165, 1.54) is 0 Å². The molecule has 2 aromatic rings. The lowest BCUT2D eigenvalue weighted by Gasteiger charge is -2.12. The van der Waals surface area contributed by atoms with Crippen LogP contribution in [0.4, 0.5) is 0 Å². The quantitative estimate of drug-likeness (QED) is 0.316. The molecule has 1 saturated heterocycles. The maximum atomic E-state index is 5.78. The van der Waals surface area contributed by atoms with E-state index in [-0.39, 0.29) is 6.10 Å². The number of aromatic nitrogens is 3. The van der Waals surface area contributed by atoms with E-state index in [4.69, 9.17) is 14.2 Å². The zero-order chi connectivity index (χ0) is 20.3. The van der Waals surface area contributed by atoms with Crippen LogP contribution < -0.4 is 15.4 Å². The average Bonchev–Trinajstić information content (AvgIpc) is 3.44. The predicted molar refractivity (Wildman–Crippen MR) is 111 cm³/mol. The first-order valence-corrected chi connectivity index (χ1v) is 10.1. The second kappa shape index (κ2) is 11.4. The van der Waals surface area contributed by atoms with Gasteiger partial charge < -0.3 is 24.8 Å². The number of aromatic amines is 1. The van der Waals surface area contributed by atoms with Crippen LogP contribution in [0.2, 0.25) is 0 Å². The van der Waals surface area contributed by atoms with Gasteiger partial charge in [0.1, 0.15) is 18.1 Å². The molecule has 0 aliphatic carbocycles. The zero-order valence-electron chi connectivity index (χ0n) is 17.1. The Labute approximate surface area is 171 Å². The molecule has 2 heterocycles. The van der Waals surface area contributed by atoms with E-state index in [1.54, 1.807) is 7.11 Å². The number of aliphatic imine (C=N–C) groups is 1. The smallest absolute Gasteiger partial charge is 0.191 e. The maximum absolute atomic E-state index is 5.78. The highest BCUT2D eigenvalue weighted by Crippen LogP contribution is 2.19. The minimum absolute atomic E-state index is 0.253. The summed E-state index contributed by atoms with van der Waals surface area (Å²) >= 11 is 0. The summed E-state index contributed by atoms with van der Waals surface area (Å²) in [5.74, 6) is 2.90. The van der Waals surface area contributed by atoms with Gasteiger partial charge in [-0.05, 0) is 44.0 Å². The van der Waals surface area contributed by atoms with Gasteiger partial charge in [0, 0.05) is 31.9 Å². The standard InChI is InChI=1S/C20H30N6O3/c1-3-21-20(22-10-4-11-29-17-9-12-28-14-17)23-13-18-24-19(26-25-18)15-5-7-16(27-2)8-6-15/h5-8,17H,3-4,9-14H2,1-2H3,(H2,21,22,23)(H,24,25,26). The third-order valence-electron chi connectivity index (χ3n) is 4.47. The SMILES string of the molecule is CCNC(=NCc1nc(-c2ccc(OC)cc2)n[nH]1)NCCCOC1CCOC1. The van der Waals surface area contributed by atoms with Gasteiger partial charge in [-0.3, -0.25) is 5.10 Å². The Hall–Kier alpha value is -2.65. The van der Waals surface area contributed by atoms with Crippen molar-refractivity contribution in [1.29, 1.82) is 0 Å². The Kier molecular flexibility index (Phi) is 8.26. The van der Waals surface area contributed by atoms with Crippen molar-refractivity contribution in [3.63, 3.8) is 0 Å². The lowest BCUT2D eigenvalue weighted by molar-refractivity contribution is 0.0420. The molecule has 1 unspecified atom stereocenters. The normalized spacial score (nSPS) is 16.8. The van der Waals surface area contributed by atoms with Crippen LogP contribution in [0.25, 0.3) is 11.4 Å². The molecule has 0 bridgehead atoms. The van der Waals surface area contributed by atoms with Crippen molar-refractivity contribution >= 4 is 5.96 Å². The Bertz CT molecular complexity index is 756. The number of methoxy groups -OCH3 is 1. The minimum Gasteiger partial charge on any atom is -0.497 e. The summed E-state index contributed by atoms with van der Waals surface area (Å²) in [6, 6.07) is 7.64. The van der Waals surface area contributed by atoms with Crippen LogP contribution in [0.1, 0.15) is 25.6 Å². The van der Waals surface area contributed by atoms with Crippen LogP contribution in [0.5, 0.6) is 5.75 Å². The number of ether oxygens (including phenoxy) is 3. The van der Waals surface area contributed by atoms with Gasteiger partial charge in [0.15, 0.2) is 11.8 Å². The number of nitrogens with one attached hydrogen (secondary N) is 3. The molecule has 1 atom stereocenters. The maximum Gasteiger partial charge on any atom is 0.191 e. The molecular weight excluding hydrogens is 372 g/mol. The summed E-state index contributed by atoms with van der Waals surface area (Å²) < 4.78 is 16.3. The molecule has 1 aromatic heterocycles. The third kappa shape index (κ3) is 6.72. The molecular formula is C20H30N6O3. The lowest BCUT2D eigenvalue weighted by Crippen LogP contribution is -2.38. The van der Waals surface area contributed by atoms with Gasteiger partial charge in [0.05, 0.1) is 19.8 Å². The van der Waals surface area contributed by atoms with Crippen LogP contribution in [0, 0.1) is 0 Å². The second-order valence-corrected chi connectivity index (χ2v) is 6.67. The van der Waals surface area contributed by atoms with Crippen molar-refractivity contribution in [1.82, 2.24) is 25.8 Å². The van der Waals surface area contributed by atoms with E-state index in [9.17, 15) is 0 Å². The van der Waals surface area contributed by atoms with Crippen molar-refractivity contribution in [2.45, 2.75) is 32.4 Å². The summed E-state index contributed by atoms with van der Waals surface area (Å²) in [6.45, 7) is 6.26. The molecule has 3 N–H and O–H groups in total. The van der Waals surface area contributed by atoms with Gasteiger partial charge in [-0.15, -0.1) is 0 Å². The molecule has 9 nitrogen and oxygen atoms in total. The number of hydrogen-bond donors (Lipinski definition) is 3. The first kappa shape index (κ1) is 21.1. The average molecular weight is 402 g/mol. The van der Waals surface area contributed by atoms with E-state index >= 15 is 0 Å². The van der Waals surface area contributed by atoms with Crippen LogP contribution in [-0.4, -0.2) is 67.3 Å². The molecule has 29 heavy (non-hydrogen) atoms. The van der Waals surface area contributed by atoms with Gasteiger partial charge >= 0.3 is 0 Å². The van der Waals surface area contributed by atoms with E-state index in [0.29, 0.717) is 31.4 Å². The van der Waals surface area contributed by atoms with E-state index in [2.05, 4.69) is 30.8 Å². The summed E-state index contributed by atoms with van der Waals surface area (Å²) in [5.41, 5.74) is 0.926. The molecule has 0 radical (unpaired) electrons. The molecule has 0 amide bonds. The number of nitrogens with zero attached hydrogens (tertiary/aromatic N) is 3. The van der Waals surface area contributed by atoms with E-state index in [0.717, 1.165) is 49.8 Å². The Morgan fingerprint density at radius 2 is 2.17 bits per heavy atom. The fourth-order valence-corrected chi connectivity index (χ4v) is 2.90. The Balaban J connectivity index is 1.45.